The normalized spacial score (nSPS) is 16.7. The molecule has 1 atom stereocenters. The van der Waals surface area contributed by atoms with E-state index < -0.39 is 0 Å². The van der Waals surface area contributed by atoms with Crippen LogP contribution in [0.2, 0.25) is 5.02 Å². The molecule has 150 valence electrons. The van der Waals surface area contributed by atoms with Crippen LogP contribution in [0.25, 0.3) is 0 Å². The van der Waals surface area contributed by atoms with E-state index in [4.69, 9.17) is 20.8 Å². The first-order valence-electron chi connectivity index (χ1n) is 9.44. The maximum Gasteiger partial charge on any atom is 0.257 e. The second-order valence-electron chi connectivity index (χ2n) is 7.08. The highest BCUT2D eigenvalue weighted by Crippen LogP contribution is 2.28. The minimum atomic E-state index is -0.0882. The molecule has 1 aliphatic rings. The molecule has 7 heteroatoms. The number of nitrogens with zero attached hydrogens (tertiary/aromatic N) is 1. The number of halogens is 1. The number of hydrogen-bond donors (Lipinski definition) is 1. The van der Waals surface area contributed by atoms with Crippen LogP contribution in [0.4, 0.5) is 5.69 Å². The first-order valence-corrected chi connectivity index (χ1v) is 9.82. The third-order valence-electron chi connectivity index (χ3n) is 5.11. The maximum absolute atomic E-state index is 12.7. The number of rotatable bonds is 6. The Kier molecular flexibility index (Phi) is 6.62. The third-order valence-corrected chi connectivity index (χ3v) is 5.35. The molecule has 2 heterocycles. The number of nitrogens with one attached hydrogen (secondary N) is 1. The summed E-state index contributed by atoms with van der Waals surface area (Å²) in [5.74, 6) is 1.43. The average molecular weight is 405 g/mol. The van der Waals surface area contributed by atoms with Gasteiger partial charge in [0.2, 0.25) is 5.91 Å². The SMILES string of the molecule is COc1ccc(Cl)cc1NC(=O)CCC1CCCN(C(=O)c2ccoc2C)C1. The molecule has 2 amide bonds. The summed E-state index contributed by atoms with van der Waals surface area (Å²) in [6.45, 7) is 3.20. The second-order valence-corrected chi connectivity index (χ2v) is 7.52. The molecule has 28 heavy (non-hydrogen) atoms. The Balaban J connectivity index is 1.53. The van der Waals surface area contributed by atoms with E-state index in [1.165, 1.54) is 0 Å². The van der Waals surface area contributed by atoms with Crippen molar-refractivity contribution in [2.24, 2.45) is 5.92 Å². The van der Waals surface area contributed by atoms with Crippen molar-refractivity contribution < 1.29 is 18.7 Å². The zero-order chi connectivity index (χ0) is 20.1. The molecule has 0 bridgehead atoms. The lowest BCUT2D eigenvalue weighted by Gasteiger charge is -2.32. The van der Waals surface area contributed by atoms with Crippen LogP contribution in [-0.4, -0.2) is 36.9 Å². The molecule has 1 aromatic heterocycles. The summed E-state index contributed by atoms with van der Waals surface area (Å²) in [6.07, 6.45) is 4.60. The van der Waals surface area contributed by atoms with Crippen LogP contribution in [0.5, 0.6) is 5.75 Å². The van der Waals surface area contributed by atoms with Gasteiger partial charge in [-0.05, 0) is 56.4 Å². The molecular weight excluding hydrogens is 380 g/mol. The quantitative estimate of drug-likeness (QED) is 0.768. The van der Waals surface area contributed by atoms with E-state index in [1.54, 1.807) is 44.6 Å². The van der Waals surface area contributed by atoms with E-state index in [9.17, 15) is 9.59 Å². The van der Waals surface area contributed by atoms with Crippen molar-refractivity contribution in [3.05, 3.63) is 46.9 Å². The molecule has 1 N–H and O–H groups in total. The highest BCUT2D eigenvalue weighted by Gasteiger charge is 2.26. The maximum atomic E-state index is 12.7. The molecule has 0 spiro atoms. The largest absolute Gasteiger partial charge is 0.495 e. The number of carbonyl (C=O) groups is 2. The van der Waals surface area contributed by atoms with Gasteiger partial charge in [-0.1, -0.05) is 11.6 Å². The molecule has 3 rings (SSSR count). The van der Waals surface area contributed by atoms with Gasteiger partial charge in [0.05, 0.1) is 24.6 Å². The van der Waals surface area contributed by atoms with Crippen molar-refractivity contribution in [3.63, 3.8) is 0 Å². The Morgan fingerprint density at radius 3 is 2.89 bits per heavy atom. The van der Waals surface area contributed by atoms with E-state index in [0.29, 0.717) is 46.7 Å². The summed E-state index contributed by atoms with van der Waals surface area (Å²) in [4.78, 5) is 26.9. The number of piperidine rings is 1. The van der Waals surface area contributed by atoms with E-state index in [-0.39, 0.29) is 11.8 Å². The number of aryl methyl sites for hydroxylation is 1. The number of methoxy groups -OCH3 is 1. The smallest absolute Gasteiger partial charge is 0.257 e. The van der Waals surface area contributed by atoms with Crippen LogP contribution in [0, 0.1) is 12.8 Å². The first kappa shape index (κ1) is 20.3. The van der Waals surface area contributed by atoms with Crippen LogP contribution in [0.3, 0.4) is 0 Å². The lowest BCUT2D eigenvalue weighted by molar-refractivity contribution is -0.116. The van der Waals surface area contributed by atoms with Crippen LogP contribution in [-0.2, 0) is 4.79 Å². The average Bonchev–Trinajstić information content (AvgIpc) is 3.12. The first-order chi connectivity index (χ1) is 13.5. The zero-order valence-corrected chi connectivity index (χ0v) is 16.9. The van der Waals surface area contributed by atoms with Gasteiger partial charge in [-0.3, -0.25) is 9.59 Å². The topological polar surface area (TPSA) is 71.8 Å². The molecule has 1 unspecified atom stereocenters. The van der Waals surface area contributed by atoms with E-state index in [0.717, 1.165) is 25.8 Å². The molecule has 1 aromatic carbocycles. The van der Waals surface area contributed by atoms with Gasteiger partial charge >= 0.3 is 0 Å². The van der Waals surface area contributed by atoms with Crippen LogP contribution < -0.4 is 10.1 Å². The summed E-state index contributed by atoms with van der Waals surface area (Å²) in [7, 11) is 1.55. The van der Waals surface area contributed by atoms with E-state index in [1.807, 2.05) is 4.90 Å². The predicted molar refractivity (Wildman–Crippen MR) is 108 cm³/mol. The van der Waals surface area contributed by atoms with Crippen molar-refractivity contribution >= 4 is 29.1 Å². The van der Waals surface area contributed by atoms with Crippen molar-refractivity contribution in [1.29, 1.82) is 0 Å². The molecule has 1 saturated heterocycles. The van der Waals surface area contributed by atoms with Crippen LogP contribution in [0.15, 0.2) is 34.9 Å². The fraction of sp³-hybridized carbons (Fsp3) is 0.429. The zero-order valence-electron chi connectivity index (χ0n) is 16.2. The number of anilines is 1. The monoisotopic (exact) mass is 404 g/mol. The minimum Gasteiger partial charge on any atom is -0.495 e. The predicted octanol–water partition coefficient (Wildman–Crippen LogP) is 4.52. The van der Waals surface area contributed by atoms with Crippen molar-refractivity contribution in [2.75, 3.05) is 25.5 Å². The van der Waals surface area contributed by atoms with Gasteiger partial charge in [0.25, 0.3) is 5.91 Å². The molecule has 0 radical (unpaired) electrons. The lowest BCUT2D eigenvalue weighted by atomic mass is 9.93. The number of benzene rings is 1. The summed E-state index contributed by atoms with van der Waals surface area (Å²) in [6, 6.07) is 6.82. The minimum absolute atomic E-state index is 0.00376. The highest BCUT2D eigenvalue weighted by atomic mass is 35.5. The van der Waals surface area contributed by atoms with Crippen molar-refractivity contribution in [2.45, 2.75) is 32.6 Å². The van der Waals surface area contributed by atoms with Crippen LogP contribution >= 0.6 is 11.6 Å². The van der Waals surface area contributed by atoms with Crippen LogP contribution in [0.1, 0.15) is 41.8 Å². The summed E-state index contributed by atoms with van der Waals surface area (Å²) < 4.78 is 10.5. The fourth-order valence-corrected chi connectivity index (χ4v) is 3.76. The number of ether oxygens (including phenoxy) is 1. The molecule has 0 saturated carbocycles. The third kappa shape index (κ3) is 4.87. The molecule has 2 aromatic rings. The summed E-state index contributed by atoms with van der Waals surface area (Å²) in [5, 5.41) is 3.40. The lowest BCUT2D eigenvalue weighted by Crippen LogP contribution is -2.40. The Labute approximate surface area is 169 Å². The van der Waals surface area contributed by atoms with E-state index in [2.05, 4.69) is 5.32 Å². The Bertz CT molecular complexity index is 849. The van der Waals surface area contributed by atoms with Gasteiger partial charge in [-0.25, -0.2) is 0 Å². The standard InChI is InChI=1S/C21H25ClN2O4/c1-14-17(9-11-28-14)21(26)24-10-3-4-15(13-24)5-8-20(25)23-18-12-16(22)6-7-19(18)27-2/h6-7,9,11-12,15H,3-5,8,10,13H2,1-2H3,(H,23,25). The van der Waals surface area contributed by atoms with Gasteiger partial charge in [0.15, 0.2) is 0 Å². The second kappa shape index (κ2) is 9.15. The van der Waals surface area contributed by atoms with Gasteiger partial charge in [0.1, 0.15) is 11.5 Å². The molecule has 0 aliphatic carbocycles. The van der Waals surface area contributed by atoms with Gasteiger partial charge in [0, 0.05) is 24.5 Å². The molecule has 1 aliphatic heterocycles. The number of carbonyl (C=O) groups excluding carboxylic acids is 2. The molecular formula is C21H25ClN2O4. The number of amides is 2. The number of hydrogen-bond acceptors (Lipinski definition) is 4. The van der Waals surface area contributed by atoms with Gasteiger partial charge < -0.3 is 19.4 Å². The Morgan fingerprint density at radius 1 is 1.36 bits per heavy atom. The summed E-state index contributed by atoms with van der Waals surface area (Å²) in [5.41, 5.74) is 1.18. The van der Waals surface area contributed by atoms with E-state index >= 15 is 0 Å². The van der Waals surface area contributed by atoms with Gasteiger partial charge in [-0.2, -0.15) is 0 Å². The number of likely N-dealkylation sites (tertiary alicyclic amines) is 1. The Morgan fingerprint density at radius 2 is 2.18 bits per heavy atom. The molecule has 1 fully saturated rings. The molecule has 6 nitrogen and oxygen atoms in total. The number of furan rings is 1. The van der Waals surface area contributed by atoms with Gasteiger partial charge in [-0.15, -0.1) is 0 Å². The Hall–Kier alpha value is -2.47. The highest BCUT2D eigenvalue weighted by molar-refractivity contribution is 6.31. The van der Waals surface area contributed by atoms with Crippen molar-refractivity contribution in [3.8, 4) is 5.75 Å². The fourth-order valence-electron chi connectivity index (χ4n) is 3.59. The summed E-state index contributed by atoms with van der Waals surface area (Å²) >= 11 is 6.00. The van der Waals surface area contributed by atoms with Crippen molar-refractivity contribution in [1.82, 2.24) is 4.90 Å².